The van der Waals surface area contributed by atoms with E-state index >= 15 is 0 Å². The Morgan fingerprint density at radius 1 is 1.30 bits per heavy atom. The molecule has 0 spiro atoms. The number of sulfonamides is 1. The maximum Gasteiger partial charge on any atom is 0.322 e. The zero-order chi connectivity index (χ0) is 17.0. The van der Waals surface area contributed by atoms with E-state index < -0.39 is 40.2 Å². The summed E-state index contributed by atoms with van der Waals surface area (Å²) >= 11 is 0. The molecule has 1 aliphatic heterocycles. The second-order valence-electron chi connectivity index (χ2n) is 5.27. The minimum atomic E-state index is -3.81. The van der Waals surface area contributed by atoms with E-state index in [9.17, 15) is 22.4 Å². The first-order valence-corrected chi connectivity index (χ1v) is 8.50. The minimum Gasteiger partial charge on any atom is -0.480 e. The third-order valence-corrected chi connectivity index (χ3v) is 5.50. The molecule has 1 atom stereocenters. The number of piperidine rings is 1. The predicted molar refractivity (Wildman–Crippen MR) is 78.5 cm³/mol. The summed E-state index contributed by atoms with van der Waals surface area (Å²) in [6.07, 6.45) is 0.979. The van der Waals surface area contributed by atoms with Crippen molar-refractivity contribution >= 4 is 21.9 Å². The van der Waals surface area contributed by atoms with E-state index in [2.05, 4.69) is 5.32 Å². The smallest absolute Gasteiger partial charge is 0.322 e. The molecule has 9 heteroatoms. The van der Waals surface area contributed by atoms with E-state index in [1.165, 1.54) is 16.4 Å². The van der Waals surface area contributed by atoms with Crippen LogP contribution < -0.4 is 5.32 Å². The average Bonchev–Trinajstić information content (AvgIpc) is 2.53. The Balaban J connectivity index is 2.09. The molecule has 1 fully saturated rings. The van der Waals surface area contributed by atoms with E-state index in [-0.39, 0.29) is 18.0 Å². The van der Waals surface area contributed by atoms with Crippen LogP contribution in [0.5, 0.6) is 0 Å². The molecule has 1 heterocycles. The molecule has 2 rings (SSSR count). The molecule has 1 aromatic carbocycles. The molecule has 1 saturated heterocycles. The van der Waals surface area contributed by atoms with Gasteiger partial charge in [-0.1, -0.05) is 0 Å². The van der Waals surface area contributed by atoms with Gasteiger partial charge in [-0.15, -0.1) is 0 Å². The fourth-order valence-corrected chi connectivity index (χ4v) is 3.96. The third-order valence-electron chi connectivity index (χ3n) is 3.62. The normalized spacial score (nSPS) is 19.3. The van der Waals surface area contributed by atoms with Crippen LogP contribution in [0.25, 0.3) is 0 Å². The number of nitrogens with zero attached hydrogens (tertiary/aromatic N) is 1. The van der Waals surface area contributed by atoms with Crippen molar-refractivity contribution in [2.24, 2.45) is 5.92 Å². The van der Waals surface area contributed by atoms with Gasteiger partial charge in [-0.25, -0.2) is 12.8 Å². The van der Waals surface area contributed by atoms with E-state index in [4.69, 9.17) is 5.11 Å². The summed E-state index contributed by atoms with van der Waals surface area (Å²) < 4.78 is 39.1. The topological polar surface area (TPSA) is 104 Å². The van der Waals surface area contributed by atoms with Crippen LogP contribution >= 0.6 is 0 Å². The van der Waals surface area contributed by atoms with Crippen molar-refractivity contribution in [2.45, 2.75) is 17.7 Å². The zero-order valence-corrected chi connectivity index (χ0v) is 13.1. The van der Waals surface area contributed by atoms with E-state index in [0.717, 1.165) is 12.1 Å². The monoisotopic (exact) mass is 344 g/mol. The lowest BCUT2D eigenvalue weighted by atomic mass is 9.99. The molecule has 0 saturated carbocycles. The van der Waals surface area contributed by atoms with E-state index in [1.807, 2.05) is 0 Å². The highest BCUT2D eigenvalue weighted by atomic mass is 32.2. The summed E-state index contributed by atoms with van der Waals surface area (Å²) in [7, 11) is -3.81. The van der Waals surface area contributed by atoms with Gasteiger partial charge in [0.05, 0.1) is 10.8 Å². The Labute approximate surface area is 133 Å². The highest BCUT2D eigenvalue weighted by Gasteiger charge is 2.33. The lowest BCUT2D eigenvalue weighted by Crippen LogP contribution is -2.46. The molecule has 0 aromatic heterocycles. The van der Waals surface area contributed by atoms with Crippen LogP contribution in [0.15, 0.2) is 29.2 Å². The van der Waals surface area contributed by atoms with Gasteiger partial charge >= 0.3 is 5.97 Å². The van der Waals surface area contributed by atoms with Gasteiger partial charge in [0.2, 0.25) is 15.9 Å². The summed E-state index contributed by atoms with van der Waals surface area (Å²) in [6, 6.07) is 4.49. The highest BCUT2D eigenvalue weighted by molar-refractivity contribution is 7.89. The number of rotatable bonds is 5. The first kappa shape index (κ1) is 17.4. The number of carboxylic acids is 1. The van der Waals surface area contributed by atoms with Crippen LogP contribution in [0.2, 0.25) is 0 Å². The number of hydrogen-bond acceptors (Lipinski definition) is 4. The van der Waals surface area contributed by atoms with Crippen molar-refractivity contribution in [2.75, 3.05) is 19.6 Å². The second-order valence-corrected chi connectivity index (χ2v) is 7.21. The molecule has 1 amide bonds. The lowest BCUT2D eigenvalue weighted by Gasteiger charge is -2.31. The Bertz CT molecular complexity index is 690. The molecule has 2 N–H and O–H groups in total. The van der Waals surface area contributed by atoms with Crippen LogP contribution in [0.3, 0.4) is 0 Å². The molecule has 0 aliphatic carbocycles. The largest absolute Gasteiger partial charge is 0.480 e. The number of nitrogens with one attached hydrogen (secondary N) is 1. The van der Waals surface area contributed by atoms with Crippen molar-refractivity contribution in [1.29, 1.82) is 0 Å². The van der Waals surface area contributed by atoms with Gasteiger partial charge in [-0.05, 0) is 37.1 Å². The minimum absolute atomic E-state index is 0.0227. The molecule has 0 bridgehead atoms. The first-order chi connectivity index (χ1) is 10.8. The fourth-order valence-electron chi connectivity index (χ4n) is 2.44. The SMILES string of the molecule is O=C(O)CNC(=O)[C@H]1CCCN(S(=O)(=O)c2ccc(F)cc2)C1. The van der Waals surface area contributed by atoms with Gasteiger partial charge < -0.3 is 10.4 Å². The number of carbonyl (C=O) groups is 2. The van der Waals surface area contributed by atoms with E-state index in [0.29, 0.717) is 12.8 Å². The summed E-state index contributed by atoms with van der Waals surface area (Å²) in [4.78, 5) is 22.3. The molecule has 1 aliphatic rings. The number of benzene rings is 1. The first-order valence-electron chi connectivity index (χ1n) is 7.06. The molecule has 1 aromatic rings. The Morgan fingerprint density at radius 2 is 1.96 bits per heavy atom. The molecule has 7 nitrogen and oxygen atoms in total. The standard InChI is InChI=1S/C14H17FN2O5S/c15-11-3-5-12(6-4-11)23(21,22)17-7-1-2-10(9-17)14(20)16-8-13(18)19/h3-6,10H,1-2,7-9H2,(H,16,20)(H,18,19)/t10-/m0/s1. The van der Waals surface area contributed by atoms with Gasteiger partial charge in [0.15, 0.2) is 0 Å². The van der Waals surface area contributed by atoms with Crippen molar-refractivity contribution in [1.82, 2.24) is 9.62 Å². The maximum atomic E-state index is 12.9. The number of amides is 1. The van der Waals surface area contributed by atoms with Crippen molar-refractivity contribution in [3.8, 4) is 0 Å². The van der Waals surface area contributed by atoms with Crippen LogP contribution in [0, 0.1) is 11.7 Å². The molecular weight excluding hydrogens is 327 g/mol. The molecule has 126 valence electrons. The van der Waals surface area contributed by atoms with Gasteiger partial charge in [0, 0.05) is 13.1 Å². The highest BCUT2D eigenvalue weighted by Crippen LogP contribution is 2.24. The van der Waals surface area contributed by atoms with Crippen LogP contribution in [-0.2, 0) is 19.6 Å². The fraction of sp³-hybridized carbons (Fsp3) is 0.429. The maximum absolute atomic E-state index is 12.9. The zero-order valence-electron chi connectivity index (χ0n) is 12.2. The van der Waals surface area contributed by atoms with Gasteiger partial charge in [0.25, 0.3) is 0 Å². The van der Waals surface area contributed by atoms with Gasteiger partial charge in [-0.2, -0.15) is 4.31 Å². The number of hydrogen-bond donors (Lipinski definition) is 2. The second kappa shape index (κ2) is 7.05. The summed E-state index contributed by atoms with van der Waals surface area (Å²) in [5.74, 6) is -2.77. The quantitative estimate of drug-likeness (QED) is 0.806. The summed E-state index contributed by atoms with van der Waals surface area (Å²) in [6.45, 7) is -0.256. The predicted octanol–water partition coefficient (Wildman–Crippen LogP) is 0.427. The van der Waals surface area contributed by atoms with Gasteiger partial charge in [0.1, 0.15) is 12.4 Å². The van der Waals surface area contributed by atoms with E-state index in [1.54, 1.807) is 0 Å². The van der Waals surface area contributed by atoms with Crippen molar-refractivity contribution in [3.05, 3.63) is 30.1 Å². The lowest BCUT2D eigenvalue weighted by molar-refractivity contribution is -0.138. The number of carboxylic acid groups (broad SMARTS) is 1. The third kappa shape index (κ3) is 4.26. The summed E-state index contributed by atoms with van der Waals surface area (Å²) in [5, 5.41) is 10.8. The van der Waals surface area contributed by atoms with Crippen LogP contribution in [-0.4, -0.2) is 49.3 Å². The van der Waals surface area contributed by atoms with Crippen LogP contribution in [0.1, 0.15) is 12.8 Å². The Morgan fingerprint density at radius 3 is 2.57 bits per heavy atom. The molecule has 0 unspecified atom stereocenters. The average molecular weight is 344 g/mol. The molecular formula is C14H17FN2O5S. The molecule has 23 heavy (non-hydrogen) atoms. The number of aliphatic carboxylic acids is 1. The van der Waals surface area contributed by atoms with Gasteiger partial charge in [-0.3, -0.25) is 9.59 Å². The Kier molecular flexibility index (Phi) is 5.32. The Hall–Kier alpha value is -2.00. The van der Waals surface area contributed by atoms with Crippen LogP contribution in [0.4, 0.5) is 4.39 Å². The van der Waals surface area contributed by atoms with Crippen molar-refractivity contribution in [3.63, 3.8) is 0 Å². The van der Waals surface area contributed by atoms with Crippen molar-refractivity contribution < 1.29 is 27.5 Å². The molecule has 0 radical (unpaired) electrons. The summed E-state index contributed by atoms with van der Waals surface area (Å²) in [5.41, 5.74) is 0. The number of halogens is 1. The number of carbonyl (C=O) groups excluding carboxylic acids is 1.